The van der Waals surface area contributed by atoms with Crippen molar-refractivity contribution in [3.05, 3.63) is 35.9 Å². The molecule has 0 atom stereocenters. The monoisotopic (exact) mass is 325 g/mol. The molecule has 1 saturated carbocycles. The molecule has 1 aliphatic carbocycles. The van der Waals surface area contributed by atoms with Gasteiger partial charge < -0.3 is 9.88 Å². The molecule has 1 aromatic carbocycles. The first-order valence-electron chi connectivity index (χ1n) is 8.40. The van der Waals surface area contributed by atoms with E-state index in [4.69, 9.17) is 9.97 Å². The number of anilines is 1. The molecule has 0 radical (unpaired) electrons. The summed E-state index contributed by atoms with van der Waals surface area (Å²) in [5, 5.41) is 1.11. The smallest absolute Gasteiger partial charge is 0.205 e. The van der Waals surface area contributed by atoms with E-state index in [1.165, 1.54) is 12.8 Å². The van der Waals surface area contributed by atoms with E-state index in [-0.39, 0.29) is 0 Å². The van der Waals surface area contributed by atoms with E-state index in [0.717, 1.165) is 53.7 Å². The van der Waals surface area contributed by atoms with E-state index in [0.29, 0.717) is 11.8 Å². The first kappa shape index (κ1) is 13.5. The van der Waals surface area contributed by atoms with E-state index in [1.807, 2.05) is 6.07 Å². The fourth-order valence-corrected chi connectivity index (χ4v) is 4.17. The maximum Gasteiger partial charge on any atom is 0.205 e. The standard InChI is InChI=1S/C17H19N5S/c1-2-4-14-13(3-1)18-15(19-14)12-7-9-22(10-8-12)17-20-16(21-23-17)11-5-6-11/h1-4,11-12H,5-10H2,(H,18,19). The van der Waals surface area contributed by atoms with E-state index in [9.17, 15) is 0 Å². The molecule has 2 aromatic heterocycles. The van der Waals surface area contributed by atoms with Gasteiger partial charge in [0.25, 0.3) is 0 Å². The second-order valence-electron chi connectivity index (χ2n) is 6.61. The highest BCUT2D eigenvalue weighted by Gasteiger charge is 2.30. The SMILES string of the molecule is c1ccc2[nH]c(C3CCN(c4nc(C5CC5)ns4)CC3)nc2c1. The van der Waals surface area contributed by atoms with Crippen molar-refractivity contribution >= 4 is 27.7 Å². The molecule has 5 nitrogen and oxygen atoms in total. The zero-order chi connectivity index (χ0) is 15.2. The Morgan fingerprint density at radius 2 is 1.83 bits per heavy atom. The van der Waals surface area contributed by atoms with E-state index in [1.54, 1.807) is 11.5 Å². The minimum atomic E-state index is 0.523. The first-order valence-corrected chi connectivity index (χ1v) is 9.17. The molecule has 0 amide bonds. The molecule has 2 aliphatic rings. The lowest BCUT2D eigenvalue weighted by atomic mass is 9.96. The molecule has 1 N–H and O–H groups in total. The van der Waals surface area contributed by atoms with E-state index < -0.39 is 0 Å². The van der Waals surface area contributed by atoms with Crippen LogP contribution in [0.15, 0.2) is 24.3 Å². The fourth-order valence-electron chi connectivity index (χ4n) is 3.37. The number of hydrogen-bond donors (Lipinski definition) is 1. The van der Waals surface area contributed by atoms with Crippen molar-refractivity contribution in [2.45, 2.75) is 37.5 Å². The Morgan fingerprint density at radius 3 is 2.61 bits per heavy atom. The van der Waals surface area contributed by atoms with Crippen LogP contribution >= 0.6 is 11.5 Å². The second-order valence-corrected chi connectivity index (χ2v) is 7.34. The summed E-state index contributed by atoms with van der Waals surface area (Å²) in [5.74, 6) is 3.38. The maximum absolute atomic E-state index is 4.77. The summed E-state index contributed by atoms with van der Waals surface area (Å²) >= 11 is 1.57. The number of nitrogens with zero attached hydrogens (tertiary/aromatic N) is 4. The van der Waals surface area contributed by atoms with Gasteiger partial charge in [0.15, 0.2) is 0 Å². The van der Waals surface area contributed by atoms with Crippen LogP contribution in [0.3, 0.4) is 0 Å². The van der Waals surface area contributed by atoms with Crippen LogP contribution in [0.2, 0.25) is 0 Å². The topological polar surface area (TPSA) is 57.7 Å². The van der Waals surface area contributed by atoms with Gasteiger partial charge in [-0.05, 0) is 37.8 Å². The van der Waals surface area contributed by atoms with Crippen LogP contribution in [0.1, 0.15) is 49.2 Å². The number of fused-ring (bicyclic) bond motifs is 1. The first-order chi connectivity index (χ1) is 11.4. The molecular weight excluding hydrogens is 306 g/mol. The lowest BCUT2D eigenvalue weighted by Crippen LogP contribution is -2.33. The molecule has 3 heterocycles. The van der Waals surface area contributed by atoms with Gasteiger partial charge in [0, 0.05) is 36.5 Å². The van der Waals surface area contributed by atoms with Crippen molar-refractivity contribution in [2.75, 3.05) is 18.0 Å². The molecule has 0 bridgehead atoms. The Bertz CT molecular complexity index is 793. The quantitative estimate of drug-likeness (QED) is 0.798. The molecule has 1 saturated heterocycles. The number of aromatic amines is 1. The van der Waals surface area contributed by atoms with Crippen molar-refractivity contribution in [3.63, 3.8) is 0 Å². The van der Waals surface area contributed by atoms with E-state index >= 15 is 0 Å². The normalized spacial score (nSPS) is 19.6. The van der Waals surface area contributed by atoms with Gasteiger partial charge in [0.2, 0.25) is 5.13 Å². The number of hydrogen-bond acceptors (Lipinski definition) is 5. The number of imidazole rings is 1. The molecule has 0 spiro atoms. The summed E-state index contributed by atoms with van der Waals surface area (Å²) < 4.78 is 4.53. The summed E-state index contributed by atoms with van der Waals surface area (Å²) in [7, 11) is 0. The minimum Gasteiger partial charge on any atom is -0.347 e. The fraction of sp³-hybridized carbons (Fsp3) is 0.471. The third-order valence-corrected chi connectivity index (χ3v) is 5.72. The van der Waals surface area contributed by atoms with Crippen LogP contribution in [0.5, 0.6) is 0 Å². The van der Waals surface area contributed by atoms with Gasteiger partial charge in [-0.15, -0.1) is 0 Å². The van der Waals surface area contributed by atoms with Gasteiger partial charge in [0.1, 0.15) is 11.6 Å². The summed E-state index contributed by atoms with van der Waals surface area (Å²) in [5.41, 5.74) is 2.21. The van der Waals surface area contributed by atoms with Crippen molar-refractivity contribution in [2.24, 2.45) is 0 Å². The number of piperidine rings is 1. The van der Waals surface area contributed by atoms with E-state index in [2.05, 4.69) is 32.5 Å². The molecule has 1 aliphatic heterocycles. The van der Waals surface area contributed by atoms with Crippen LogP contribution < -0.4 is 4.90 Å². The van der Waals surface area contributed by atoms with Crippen LogP contribution in [0, 0.1) is 0 Å². The number of nitrogens with one attached hydrogen (secondary N) is 1. The number of aromatic nitrogens is 4. The zero-order valence-electron chi connectivity index (χ0n) is 12.9. The third kappa shape index (κ3) is 2.51. The summed E-state index contributed by atoms with van der Waals surface area (Å²) in [6, 6.07) is 8.27. The highest BCUT2D eigenvalue weighted by atomic mass is 32.1. The maximum atomic E-state index is 4.77. The summed E-state index contributed by atoms with van der Waals surface area (Å²) in [6.07, 6.45) is 4.78. The lowest BCUT2D eigenvalue weighted by molar-refractivity contribution is 0.489. The van der Waals surface area contributed by atoms with Gasteiger partial charge in [-0.3, -0.25) is 0 Å². The van der Waals surface area contributed by atoms with Gasteiger partial charge in [-0.25, -0.2) is 9.97 Å². The summed E-state index contributed by atoms with van der Waals surface area (Å²) in [4.78, 5) is 15.4. The number of para-hydroxylation sites is 2. The van der Waals surface area contributed by atoms with Crippen molar-refractivity contribution in [1.29, 1.82) is 0 Å². The Labute approximate surface area is 138 Å². The van der Waals surface area contributed by atoms with Gasteiger partial charge in [-0.1, -0.05) is 12.1 Å². The van der Waals surface area contributed by atoms with Crippen molar-refractivity contribution < 1.29 is 0 Å². The highest BCUT2D eigenvalue weighted by molar-refractivity contribution is 7.09. The van der Waals surface area contributed by atoms with Crippen LogP contribution in [-0.4, -0.2) is 32.4 Å². The van der Waals surface area contributed by atoms with Crippen molar-refractivity contribution in [1.82, 2.24) is 19.3 Å². The molecular formula is C17H19N5S. The van der Waals surface area contributed by atoms with Gasteiger partial charge >= 0.3 is 0 Å². The Morgan fingerprint density at radius 1 is 1.00 bits per heavy atom. The Kier molecular flexibility index (Phi) is 3.11. The van der Waals surface area contributed by atoms with Crippen molar-refractivity contribution in [3.8, 4) is 0 Å². The van der Waals surface area contributed by atoms with Crippen LogP contribution in [0.4, 0.5) is 5.13 Å². The highest BCUT2D eigenvalue weighted by Crippen LogP contribution is 2.40. The molecule has 0 unspecified atom stereocenters. The molecule has 23 heavy (non-hydrogen) atoms. The zero-order valence-corrected chi connectivity index (χ0v) is 13.7. The molecule has 118 valence electrons. The predicted molar refractivity (Wildman–Crippen MR) is 92.2 cm³/mol. The van der Waals surface area contributed by atoms with Crippen LogP contribution in [0.25, 0.3) is 11.0 Å². The number of rotatable bonds is 3. The van der Waals surface area contributed by atoms with Gasteiger partial charge in [0.05, 0.1) is 11.0 Å². The average molecular weight is 325 g/mol. The minimum absolute atomic E-state index is 0.523. The lowest BCUT2D eigenvalue weighted by Gasteiger charge is -2.30. The van der Waals surface area contributed by atoms with Gasteiger partial charge in [-0.2, -0.15) is 4.37 Å². The number of benzene rings is 1. The molecule has 6 heteroatoms. The number of H-pyrrole nitrogens is 1. The Balaban J connectivity index is 1.29. The van der Waals surface area contributed by atoms with Crippen LogP contribution in [-0.2, 0) is 0 Å². The molecule has 3 aromatic rings. The largest absolute Gasteiger partial charge is 0.347 e. The molecule has 5 rings (SSSR count). The third-order valence-electron chi connectivity index (χ3n) is 4.93. The summed E-state index contributed by atoms with van der Waals surface area (Å²) in [6.45, 7) is 2.09. The predicted octanol–water partition coefficient (Wildman–Crippen LogP) is 3.68. The molecule has 2 fully saturated rings. The second kappa shape index (κ2) is 5.30. The Hall–Kier alpha value is -1.95. The average Bonchev–Trinajstić information content (AvgIpc) is 3.17.